The van der Waals surface area contributed by atoms with Crippen molar-refractivity contribution in [1.29, 1.82) is 0 Å². The van der Waals surface area contributed by atoms with E-state index in [0.717, 1.165) is 15.6 Å². The second-order valence-corrected chi connectivity index (χ2v) is 6.67. The largest absolute Gasteiger partial charge is 0.382 e. The molecule has 0 spiro atoms. The zero-order valence-corrected chi connectivity index (χ0v) is 15.2. The predicted octanol–water partition coefficient (Wildman–Crippen LogP) is 4.68. The normalized spacial score (nSPS) is 23.3. The first kappa shape index (κ1) is 17.4. The van der Waals surface area contributed by atoms with E-state index in [9.17, 15) is 0 Å². The molecule has 1 aliphatic rings. The number of hydrogen-bond donors (Lipinski definition) is 0. The van der Waals surface area contributed by atoms with Crippen molar-refractivity contribution < 1.29 is 14.2 Å². The Bertz CT molecular complexity index is 672. The molecule has 0 radical (unpaired) electrons. The minimum Gasteiger partial charge on any atom is -0.382 e. The summed E-state index contributed by atoms with van der Waals surface area (Å²) in [7, 11) is 1.69. The van der Waals surface area contributed by atoms with Gasteiger partial charge in [0.15, 0.2) is 0 Å². The van der Waals surface area contributed by atoms with Gasteiger partial charge in [0, 0.05) is 11.6 Å². The van der Waals surface area contributed by atoms with E-state index < -0.39 is 0 Å². The van der Waals surface area contributed by atoms with Crippen molar-refractivity contribution in [3.05, 3.63) is 82.3 Å². The van der Waals surface area contributed by atoms with Crippen LogP contribution in [-0.4, -0.2) is 25.9 Å². The average molecular weight is 389 g/mol. The molecule has 0 fully saturated rings. The maximum Gasteiger partial charge on any atom is 0.112 e. The molecule has 3 rings (SSSR count). The molecule has 0 N–H and O–H groups in total. The number of ether oxygens (including phenoxy) is 3. The Balaban J connectivity index is 1.68. The quantitative estimate of drug-likeness (QED) is 0.672. The molecule has 0 aromatic heterocycles. The highest BCUT2D eigenvalue weighted by Crippen LogP contribution is 2.28. The van der Waals surface area contributed by atoms with Gasteiger partial charge in [0.2, 0.25) is 0 Å². The average Bonchev–Trinajstić information content (AvgIpc) is 2.62. The number of halogens is 1. The van der Waals surface area contributed by atoms with Crippen LogP contribution in [0.3, 0.4) is 0 Å². The highest BCUT2D eigenvalue weighted by Gasteiger charge is 2.28. The Morgan fingerprint density at radius 2 is 1.88 bits per heavy atom. The van der Waals surface area contributed by atoms with Crippen LogP contribution >= 0.6 is 15.9 Å². The van der Waals surface area contributed by atoms with Gasteiger partial charge in [-0.15, -0.1) is 0 Å². The fraction of sp³-hybridized carbons (Fsp3) is 0.300. The zero-order chi connectivity index (χ0) is 16.8. The Hall–Kier alpha value is -1.46. The molecule has 0 amide bonds. The lowest BCUT2D eigenvalue weighted by Gasteiger charge is -2.32. The molecule has 1 heterocycles. The molecular weight excluding hydrogens is 368 g/mol. The lowest BCUT2D eigenvalue weighted by atomic mass is 10.0. The van der Waals surface area contributed by atoms with E-state index in [-0.39, 0.29) is 18.3 Å². The Labute approximate surface area is 151 Å². The lowest BCUT2D eigenvalue weighted by Crippen LogP contribution is -2.37. The molecule has 2 aromatic carbocycles. The third-order valence-corrected chi connectivity index (χ3v) is 4.45. The van der Waals surface area contributed by atoms with E-state index in [0.29, 0.717) is 13.2 Å². The topological polar surface area (TPSA) is 27.7 Å². The first-order valence-corrected chi connectivity index (χ1v) is 8.79. The summed E-state index contributed by atoms with van der Waals surface area (Å²) in [5.41, 5.74) is 2.26. The Morgan fingerprint density at radius 3 is 2.62 bits per heavy atom. The number of benzene rings is 2. The van der Waals surface area contributed by atoms with E-state index in [1.54, 1.807) is 7.11 Å². The molecule has 0 unspecified atom stereocenters. The molecular formula is C20H21BrO3. The van der Waals surface area contributed by atoms with Crippen LogP contribution < -0.4 is 0 Å². The Morgan fingerprint density at radius 1 is 1.04 bits per heavy atom. The van der Waals surface area contributed by atoms with Crippen molar-refractivity contribution in [3.63, 3.8) is 0 Å². The third-order valence-electron chi connectivity index (χ3n) is 3.95. The van der Waals surface area contributed by atoms with Crippen LogP contribution in [0.2, 0.25) is 0 Å². The van der Waals surface area contributed by atoms with Crippen LogP contribution in [0, 0.1) is 0 Å². The molecule has 3 atom stereocenters. The zero-order valence-electron chi connectivity index (χ0n) is 13.6. The van der Waals surface area contributed by atoms with Gasteiger partial charge in [-0.2, -0.15) is 0 Å². The summed E-state index contributed by atoms with van der Waals surface area (Å²) >= 11 is 3.48. The molecule has 0 aliphatic carbocycles. The van der Waals surface area contributed by atoms with Gasteiger partial charge < -0.3 is 14.2 Å². The molecule has 1 aliphatic heterocycles. The van der Waals surface area contributed by atoms with Crippen molar-refractivity contribution in [2.24, 2.45) is 0 Å². The van der Waals surface area contributed by atoms with Crippen LogP contribution in [0.15, 0.2) is 71.2 Å². The smallest absolute Gasteiger partial charge is 0.112 e. The second-order valence-electron chi connectivity index (χ2n) is 5.75. The lowest BCUT2D eigenvalue weighted by molar-refractivity contribution is -0.112. The minimum absolute atomic E-state index is 0.0583. The van der Waals surface area contributed by atoms with Crippen LogP contribution in [0.25, 0.3) is 0 Å². The van der Waals surface area contributed by atoms with Gasteiger partial charge >= 0.3 is 0 Å². The van der Waals surface area contributed by atoms with E-state index in [1.165, 1.54) is 0 Å². The first-order valence-electron chi connectivity index (χ1n) is 8.00. The first-order chi connectivity index (χ1) is 11.8. The van der Waals surface area contributed by atoms with Gasteiger partial charge in [0.25, 0.3) is 0 Å². The molecule has 24 heavy (non-hydrogen) atoms. The van der Waals surface area contributed by atoms with Crippen molar-refractivity contribution >= 4 is 15.9 Å². The van der Waals surface area contributed by atoms with E-state index >= 15 is 0 Å². The summed E-state index contributed by atoms with van der Waals surface area (Å²) in [6, 6.07) is 18.3. The molecule has 126 valence electrons. The van der Waals surface area contributed by atoms with Crippen LogP contribution in [0.1, 0.15) is 17.2 Å². The second kappa shape index (κ2) is 8.58. The van der Waals surface area contributed by atoms with Crippen LogP contribution in [-0.2, 0) is 20.8 Å². The monoisotopic (exact) mass is 388 g/mol. The Kier molecular flexibility index (Phi) is 6.21. The standard InChI is InChI=1S/C20H21BrO3/c1-22-14-20-19(23-13-15-6-5-9-17(21)12-15)11-10-18(24-20)16-7-3-2-4-8-16/h2-12,18-20H,13-14H2,1H3/t18-,19-,20+/m0/s1. The molecule has 4 heteroatoms. The van der Waals surface area contributed by atoms with E-state index in [1.807, 2.05) is 30.3 Å². The number of methoxy groups -OCH3 is 1. The van der Waals surface area contributed by atoms with Crippen molar-refractivity contribution in [2.75, 3.05) is 13.7 Å². The van der Waals surface area contributed by atoms with Gasteiger partial charge in [-0.05, 0) is 23.3 Å². The summed E-state index contributed by atoms with van der Waals surface area (Å²) < 4.78 is 18.6. The summed E-state index contributed by atoms with van der Waals surface area (Å²) in [5, 5.41) is 0. The van der Waals surface area contributed by atoms with Gasteiger partial charge in [0.1, 0.15) is 18.3 Å². The maximum atomic E-state index is 6.19. The summed E-state index contributed by atoms with van der Waals surface area (Å²) in [4.78, 5) is 0. The highest BCUT2D eigenvalue weighted by molar-refractivity contribution is 9.10. The summed E-state index contributed by atoms with van der Waals surface area (Å²) in [6.45, 7) is 1.03. The molecule has 2 aromatic rings. The molecule has 0 saturated heterocycles. The number of hydrogen-bond acceptors (Lipinski definition) is 3. The summed E-state index contributed by atoms with van der Waals surface area (Å²) in [5.74, 6) is 0. The van der Waals surface area contributed by atoms with Crippen molar-refractivity contribution in [1.82, 2.24) is 0 Å². The van der Waals surface area contributed by atoms with Crippen molar-refractivity contribution in [3.8, 4) is 0 Å². The van der Waals surface area contributed by atoms with Gasteiger partial charge in [-0.25, -0.2) is 0 Å². The van der Waals surface area contributed by atoms with E-state index in [4.69, 9.17) is 14.2 Å². The number of rotatable bonds is 6. The van der Waals surface area contributed by atoms with Crippen molar-refractivity contribution in [2.45, 2.75) is 24.9 Å². The maximum absolute atomic E-state index is 6.19. The third kappa shape index (κ3) is 4.54. The predicted molar refractivity (Wildman–Crippen MR) is 97.8 cm³/mol. The molecule has 0 bridgehead atoms. The summed E-state index contributed by atoms with van der Waals surface area (Å²) in [6.07, 6.45) is 3.84. The van der Waals surface area contributed by atoms with Gasteiger partial charge in [-0.3, -0.25) is 0 Å². The molecule has 0 saturated carbocycles. The molecule has 3 nitrogen and oxygen atoms in total. The highest BCUT2D eigenvalue weighted by atomic mass is 79.9. The van der Waals surface area contributed by atoms with Crippen LogP contribution in [0.4, 0.5) is 0 Å². The van der Waals surface area contributed by atoms with E-state index in [2.05, 4.69) is 52.3 Å². The fourth-order valence-corrected chi connectivity index (χ4v) is 3.20. The SMILES string of the molecule is COC[C@H]1O[C@H](c2ccccc2)C=C[C@@H]1OCc1cccc(Br)c1. The van der Waals surface area contributed by atoms with Crippen LogP contribution in [0.5, 0.6) is 0 Å². The fourth-order valence-electron chi connectivity index (χ4n) is 2.76. The van der Waals surface area contributed by atoms with Gasteiger partial charge in [0.05, 0.1) is 13.2 Å². The minimum atomic E-state index is -0.127. The van der Waals surface area contributed by atoms with Gasteiger partial charge in [-0.1, -0.05) is 70.5 Å².